The van der Waals surface area contributed by atoms with E-state index in [4.69, 9.17) is 4.74 Å². The van der Waals surface area contributed by atoms with Gasteiger partial charge in [0.25, 0.3) is 0 Å². The second-order valence-corrected chi connectivity index (χ2v) is 9.65. The Hall–Kier alpha value is -0.910. The summed E-state index contributed by atoms with van der Waals surface area (Å²) in [6, 6.07) is 0. The molecule has 3 aliphatic rings. The van der Waals surface area contributed by atoms with E-state index in [0.717, 1.165) is 0 Å². The number of fused-ring (bicyclic) bond motifs is 1. The van der Waals surface area contributed by atoms with E-state index < -0.39 is 64.8 Å². The number of allylic oxidation sites excluding steroid dienone is 1. The molecule has 1 saturated heterocycles. The molecular formula is C20H32O9. The van der Waals surface area contributed by atoms with Crippen molar-refractivity contribution in [3.8, 4) is 0 Å². The molecule has 0 amide bonds. The molecule has 3 rings (SSSR count). The summed E-state index contributed by atoms with van der Waals surface area (Å²) >= 11 is 0. The van der Waals surface area contributed by atoms with E-state index in [0.29, 0.717) is 6.42 Å². The number of carbonyl (C=O) groups is 1. The molecule has 0 bridgehead atoms. The van der Waals surface area contributed by atoms with Gasteiger partial charge in [-0.2, -0.15) is 0 Å². The summed E-state index contributed by atoms with van der Waals surface area (Å²) in [6.45, 7) is 5.85. The van der Waals surface area contributed by atoms with Crippen molar-refractivity contribution in [2.24, 2.45) is 22.2 Å². The Morgan fingerprint density at radius 3 is 2.24 bits per heavy atom. The lowest BCUT2D eigenvalue weighted by atomic mass is 9.51. The second-order valence-electron chi connectivity index (χ2n) is 9.65. The molecule has 9 nitrogen and oxygen atoms in total. The van der Waals surface area contributed by atoms with Crippen LogP contribution < -0.4 is 0 Å². The SMILES string of the molecule is CC(=O)/C=C/C12C(O)C1(C)CCC([C@@]1(O)C(O)O[C@H](CO)[C@H](O)C1(O)O)C2(C)C. The second kappa shape index (κ2) is 6.54. The molecule has 0 radical (unpaired) electrons. The van der Waals surface area contributed by atoms with Crippen molar-refractivity contribution in [3.63, 3.8) is 0 Å². The highest BCUT2D eigenvalue weighted by Crippen LogP contribution is 2.80. The first-order valence-corrected chi connectivity index (χ1v) is 9.83. The molecular weight excluding hydrogens is 384 g/mol. The number of hydrogen-bond acceptors (Lipinski definition) is 9. The van der Waals surface area contributed by atoms with Crippen LogP contribution >= 0.6 is 0 Å². The van der Waals surface area contributed by atoms with Crippen molar-refractivity contribution in [3.05, 3.63) is 12.2 Å². The highest BCUT2D eigenvalue weighted by molar-refractivity contribution is 5.87. The maximum Gasteiger partial charge on any atom is 0.227 e. The number of ketones is 1. The highest BCUT2D eigenvalue weighted by Gasteiger charge is 2.83. The minimum absolute atomic E-state index is 0.187. The lowest BCUT2D eigenvalue weighted by Gasteiger charge is -2.60. The summed E-state index contributed by atoms with van der Waals surface area (Å²) in [7, 11) is 0. The molecule has 7 N–H and O–H groups in total. The smallest absolute Gasteiger partial charge is 0.227 e. The van der Waals surface area contributed by atoms with Gasteiger partial charge in [-0.1, -0.05) is 26.8 Å². The summed E-state index contributed by atoms with van der Waals surface area (Å²) in [6.07, 6.45) is -3.04. The zero-order valence-corrected chi connectivity index (χ0v) is 17.1. The van der Waals surface area contributed by atoms with Gasteiger partial charge in [0, 0.05) is 16.7 Å². The molecule has 29 heavy (non-hydrogen) atoms. The van der Waals surface area contributed by atoms with Crippen LogP contribution in [0.25, 0.3) is 0 Å². The Morgan fingerprint density at radius 1 is 1.14 bits per heavy atom. The van der Waals surface area contributed by atoms with Gasteiger partial charge >= 0.3 is 0 Å². The van der Waals surface area contributed by atoms with Crippen molar-refractivity contribution in [1.82, 2.24) is 0 Å². The molecule has 3 fully saturated rings. The Kier molecular flexibility index (Phi) is 5.14. The lowest BCUT2D eigenvalue weighted by Crippen LogP contribution is -2.78. The Morgan fingerprint density at radius 2 is 1.72 bits per heavy atom. The fourth-order valence-electron chi connectivity index (χ4n) is 6.32. The fraction of sp³-hybridized carbons (Fsp3) is 0.850. The summed E-state index contributed by atoms with van der Waals surface area (Å²) in [5.41, 5.74) is -5.34. The van der Waals surface area contributed by atoms with Crippen LogP contribution in [-0.2, 0) is 9.53 Å². The summed E-state index contributed by atoms with van der Waals surface area (Å²) in [4.78, 5) is 11.6. The number of rotatable bonds is 4. The van der Waals surface area contributed by atoms with Gasteiger partial charge in [-0.3, -0.25) is 4.79 Å². The number of hydrogen-bond donors (Lipinski definition) is 7. The van der Waals surface area contributed by atoms with Crippen molar-refractivity contribution in [2.45, 2.75) is 76.5 Å². The third-order valence-corrected chi connectivity index (χ3v) is 8.11. The zero-order chi connectivity index (χ0) is 22.2. The number of aliphatic hydroxyl groups excluding tert-OH is 4. The standard InChI is InChI=1S/C20H32O9/c1-10(22)5-8-18-14(24)17(18,4)7-6-12(16(18,2)3)19(26)15(25)29-11(9-21)13(23)20(19,27)28/h5,8,11-15,21,23-28H,6-7,9H2,1-4H3/b8-5+/t11-,12?,13+,14?,15?,17?,18?,19-/m1/s1. The number of aliphatic hydroxyl groups is 7. The molecule has 2 aliphatic carbocycles. The fourth-order valence-corrected chi connectivity index (χ4v) is 6.32. The predicted molar refractivity (Wildman–Crippen MR) is 99.0 cm³/mol. The summed E-state index contributed by atoms with van der Waals surface area (Å²) in [5, 5.41) is 73.9. The third kappa shape index (κ3) is 2.53. The maximum absolute atomic E-state index is 11.6. The van der Waals surface area contributed by atoms with Crippen LogP contribution in [0.2, 0.25) is 0 Å². The van der Waals surface area contributed by atoms with Gasteiger partial charge in [0.2, 0.25) is 5.79 Å². The van der Waals surface area contributed by atoms with Crippen molar-refractivity contribution >= 4 is 5.78 Å². The first-order chi connectivity index (χ1) is 13.2. The molecule has 1 heterocycles. The monoisotopic (exact) mass is 416 g/mol. The molecule has 1 aliphatic heterocycles. The maximum atomic E-state index is 11.6. The zero-order valence-electron chi connectivity index (χ0n) is 17.1. The molecule has 166 valence electrons. The van der Waals surface area contributed by atoms with Gasteiger partial charge in [-0.05, 0) is 31.3 Å². The van der Waals surface area contributed by atoms with Crippen LogP contribution in [0.1, 0.15) is 40.5 Å². The van der Waals surface area contributed by atoms with Gasteiger partial charge in [0.1, 0.15) is 12.2 Å². The molecule has 5 unspecified atom stereocenters. The van der Waals surface area contributed by atoms with Gasteiger partial charge in [0.15, 0.2) is 17.7 Å². The summed E-state index contributed by atoms with van der Waals surface area (Å²) in [5.74, 6) is -4.46. The normalized spacial score (nSPS) is 50.9. The van der Waals surface area contributed by atoms with Crippen LogP contribution in [-0.4, -0.2) is 84.1 Å². The Bertz CT molecular complexity index is 719. The number of carbonyl (C=O) groups excluding carboxylic acids is 1. The summed E-state index contributed by atoms with van der Waals surface area (Å²) < 4.78 is 5.13. The topological polar surface area (TPSA) is 168 Å². The van der Waals surface area contributed by atoms with Crippen LogP contribution in [0.3, 0.4) is 0 Å². The first kappa shape index (κ1) is 22.8. The quantitative estimate of drug-likeness (QED) is 0.211. The van der Waals surface area contributed by atoms with E-state index in [2.05, 4.69) is 0 Å². The molecule has 0 aromatic rings. The van der Waals surface area contributed by atoms with Crippen molar-refractivity contribution in [1.29, 1.82) is 0 Å². The molecule has 8 atom stereocenters. The Balaban J connectivity index is 2.10. The van der Waals surface area contributed by atoms with Crippen LogP contribution in [0.5, 0.6) is 0 Å². The number of ether oxygens (including phenoxy) is 1. The molecule has 0 aromatic carbocycles. The van der Waals surface area contributed by atoms with Gasteiger partial charge in [-0.25, -0.2) is 0 Å². The van der Waals surface area contributed by atoms with E-state index in [1.165, 1.54) is 13.0 Å². The van der Waals surface area contributed by atoms with E-state index in [-0.39, 0.29) is 12.2 Å². The van der Waals surface area contributed by atoms with Gasteiger partial charge < -0.3 is 40.5 Å². The molecule has 9 heteroatoms. The van der Waals surface area contributed by atoms with Crippen LogP contribution in [0.4, 0.5) is 0 Å². The van der Waals surface area contributed by atoms with Crippen molar-refractivity contribution in [2.75, 3.05) is 6.61 Å². The third-order valence-electron chi connectivity index (χ3n) is 8.11. The van der Waals surface area contributed by atoms with Crippen LogP contribution in [0.15, 0.2) is 12.2 Å². The minimum atomic E-state index is -3.20. The van der Waals surface area contributed by atoms with E-state index >= 15 is 0 Å². The van der Waals surface area contributed by atoms with Gasteiger partial charge in [-0.15, -0.1) is 0 Å². The van der Waals surface area contributed by atoms with E-state index in [1.54, 1.807) is 19.9 Å². The van der Waals surface area contributed by atoms with E-state index in [1.807, 2.05) is 6.92 Å². The van der Waals surface area contributed by atoms with Gasteiger partial charge in [0.05, 0.1) is 12.7 Å². The average molecular weight is 416 g/mol. The van der Waals surface area contributed by atoms with E-state index in [9.17, 15) is 40.5 Å². The largest absolute Gasteiger partial charge is 0.394 e. The predicted octanol–water partition coefficient (Wildman–Crippen LogP) is -1.58. The average Bonchev–Trinajstić information content (AvgIpc) is 3.12. The molecule has 2 saturated carbocycles. The Labute approximate surface area is 169 Å². The molecule has 0 spiro atoms. The van der Waals surface area contributed by atoms with Crippen LogP contribution in [0, 0.1) is 22.2 Å². The van der Waals surface area contributed by atoms with Crippen molar-refractivity contribution < 1.29 is 45.3 Å². The molecule has 0 aromatic heterocycles. The minimum Gasteiger partial charge on any atom is -0.394 e. The highest BCUT2D eigenvalue weighted by atomic mass is 16.7. The lowest BCUT2D eigenvalue weighted by molar-refractivity contribution is -0.441. The first-order valence-electron chi connectivity index (χ1n) is 9.83.